The predicted octanol–water partition coefficient (Wildman–Crippen LogP) is 1.92. The van der Waals surface area contributed by atoms with Crippen LogP contribution < -0.4 is 10.6 Å². The van der Waals surface area contributed by atoms with Crippen molar-refractivity contribution in [1.29, 1.82) is 0 Å². The summed E-state index contributed by atoms with van der Waals surface area (Å²) in [6, 6.07) is 5.23. The summed E-state index contributed by atoms with van der Waals surface area (Å²) in [6.07, 6.45) is 5.26. The van der Waals surface area contributed by atoms with Gasteiger partial charge in [0.1, 0.15) is 5.69 Å². The SMILES string of the molecule is O=C(NC1CC2CCC1N2)c1cc2ccsc2cn1. The molecule has 2 saturated heterocycles. The van der Waals surface area contributed by atoms with Crippen molar-refractivity contribution in [3.8, 4) is 0 Å². The predicted molar refractivity (Wildman–Crippen MR) is 75.4 cm³/mol. The molecular weight excluding hydrogens is 258 g/mol. The fourth-order valence-electron chi connectivity index (χ4n) is 3.22. The van der Waals surface area contributed by atoms with E-state index in [0.29, 0.717) is 17.8 Å². The van der Waals surface area contributed by atoms with Crippen LogP contribution in [-0.2, 0) is 0 Å². The van der Waals surface area contributed by atoms with Crippen molar-refractivity contribution >= 4 is 27.3 Å². The Kier molecular flexibility index (Phi) is 2.56. The molecule has 0 aliphatic carbocycles. The van der Waals surface area contributed by atoms with Crippen molar-refractivity contribution in [3.05, 3.63) is 29.4 Å². The summed E-state index contributed by atoms with van der Waals surface area (Å²) in [5.41, 5.74) is 0.522. The highest BCUT2D eigenvalue weighted by Gasteiger charge is 2.39. The number of rotatable bonds is 2. The third-order valence-corrected chi connectivity index (χ3v) is 5.06. The summed E-state index contributed by atoms with van der Waals surface area (Å²) >= 11 is 1.65. The molecule has 2 aromatic heterocycles. The molecule has 2 bridgehead atoms. The summed E-state index contributed by atoms with van der Waals surface area (Å²) in [6.45, 7) is 0. The Labute approximate surface area is 115 Å². The van der Waals surface area contributed by atoms with Gasteiger partial charge in [-0.15, -0.1) is 11.3 Å². The minimum atomic E-state index is -0.0487. The van der Waals surface area contributed by atoms with Gasteiger partial charge < -0.3 is 10.6 Å². The molecule has 4 heterocycles. The number of hydrogen-bond donors (Lipinski definition) is 2. The van der Waals surface area contributed by atoms with E-state index in [-0.39, 0.29) is 11.9 Å². The van der Waals surface area contributed by atoms with Crippen molar-refractivity contribution in [3.63, 3.8) is 0 Å². The zero-order chi connectivity index (χ0) is 12.8. The number of amides is 1. The number of nitrogens with one attached hydrogen (secondary N) is 2. The molecule has 2 aliphatic heterocycles. The first-order chi connectivity index (χ1) is 9.29. The van der Waals surface area contributed by atoms with Gasteiger partial charge in [0.2, 0.25) is 0 Å². The number of carbonyl (C=O) groups excluding carboxylic acids is 1. The molecule has 0 aromatic carbocycles. The molecule has 4 rings (SSSR count). The van der Waals surface area contributed by atoms with Gasteiger partial charge in [0.05, 0.1) is 4.70 Å². The lowest BCUT2D eigenvalue weighted by atomic mass is 9.95. The van der Waals surface area contributed by atoms with Gasteiger partial charge >= 0.3 is 0 Å². The quantitative estimate of drug-likeness (QED) is 0.879. The van der Waals surface area contributed by atoms with Gasteiger partial charge in [-0.05, 0) is 42.2 Å². The maximum absolute atomic E-state index is 12.2. The first-order valence-corrected chi connectivity index (χ1v) is 7.58. The highest BCUT2D eigenvalue weighted by molar-refractivity contribution is 7.17. The summed E-state index contributed by atoms with van der Waals surface area (Å²) < 4.78 is 1.12. The summed E-state index contributed by atoms with van der Waals surface area (Å²) in [4.78, 5) is 16.5. The van der Waals surface area contributed by atoms with Gasteiger partial charge in [-0.2, -0.15) is 0 Å². The molecule has 5 heteroatoms. The van der Waals surface area contributed by atoms with Crippen LogP contribution in [-0.4, -0.2) is 29.0 Å². The monoisotopic (exact) mass is 273 g/mol. The number of thiophene rings is 1. The number of carbonyl (C=O) groups is 1. The topological polar surface area (TPSA) is 54.0 Å². The second kappa shape index (κ2) is 4.28. The van der Waals surface area contributed by atoms with E-state index in [2.05, 4.69) is 15.6 Å². The Morgan fingerprint density at radius 2 is 2.42 bits per heavy atom. The summed E-state index contributed by atoms with van der Waals surface area (Å²) in [7, 11) is 0. The standard InChI is InChI=1S/C14H15N3OS/c18-14(17-11-6-9-1-2-10(11)16-9)12-5-8-3-4-19-13(8)7-15-12/h3-5,7,9-11,16H,1-2,6H2,(H,17,18). The number of nitrogens with zero attached hydrogens (tertiary/aromatic N) is 1. The van der Waals surface area contributed by atoms with Crippen LogP contribution in [0.5, 0.6) is 0 Å². The van der Waals surface area contributed by atoms with Crippen molar-refractivity contribution in [2.75, 3.05) is 0 Å². The lowest BCUT2D eigenvalue weighted by Crippen LogP contribution is -2.43. The van der Waals surface area contributed by atoms with Gasteiger partial charge in [-0.25, -0.2) is 4.98 Å². The normalized spacial score (nSPS) is 28.9. The zero-order valence-electron chi connectivity index (χ0n) is 10.4. The lowest BCUT2D eigenvalue weighted by molar-refractivity contribution is 0.0926. The Balaban J connectivity index is 1.53. The van der Waals surface area contributed by atoms with Crippen LogP contribution in [0.3, 0.4) is 0 Å². The van der Waals surface area contributed by atoms with E-state index in [0.717, 1.165) is 16.5 Å². The highest BCUT2D eigenvalue weighted by atomic mass is 32.1. The number of aromatic nitrogens is 1. The van der Waals surface area contributed by atoms with E-state index in [9.17, 15) is 4.79 Å². The molecule has 0 radical (unpaired) electrons. The molecule has 3 atom stereocenters. The van der Waals surface area contributed by atoms with Crippen LogP contribution in [0.1, 0.15) is 29.8 Å². The van der Waals surface area contributed by atoms with Gasteiger partial charge in [-0.3, -0.25) is 4.79 Å². The molecule has 3 unspecified atom stereocenters. The average Bonchev–Trinajstić information content (AvgIpc) is 3.13. The maximum Gasteiger partial charge on any atom is 0.270 e. The van der Waals surface area contributed by atoms with E-state index < -0.39 is 0 Å². The fraction of sp³-hybridized carbons (Fsp3) is 0.429. The smallest absolute Gasteiger partial charge is 0.270 e. The molecule has 2 aliphatic rings. The molecule has 0 spiro atoms. The number of pyridine rings is 1. The molecule has 2 fully saturated rings. The molecule has 98 valence electrons. The summed E-state index contributed by atoms with van der Waals surface area (Å²) in [5, 5.41) is 9.77. The highest BCUT2D eigenvalue weighted by Crippen LogP contribution is 2.28. The molecule has 0 saturated carbocycles. The second-order valence-electron chi connectivity index (χ2n) is 5.39. The van der Waals surface area contributed by atoms with Crippen LogP contribution in [0.4, 0.5) is 0 Å². The fourth-order valence-corrected chi connectivity index (χ4v) is 3.96. The first kappa shape index (κ1) is 11.4. The Morgan fingerprint density at radius 3 is 3.21 bits per heavy atom. The molecular formula is C14H15N3OS. The third-order valence-electron chi connectivity index (χ3n) is 4.19. The number of fused-ring (bicyclic) bond motifs is 3. The average molecular weight is 273 g/mol. The van der Waals surface area contributed by atoms with Gasteiger partial charge in [0, 0.05) is 24.3 Å². The second-order valence-corrected chi connectivity index (χ2v) is 6.34. The maximum atomic E-state index is 12.2. The molecule has 2 N–H and O–H groups in total. The van der Waals surface area contributed by atoms with Crippen molar-refractivity contribution in [2.24, 2.45) is 0 Å². The van der Waals surface area contributed by atoms with E-state index >= 15 is 0 Å². The first-order valence-electron chi connectivity index (χ1n) is 6.70. The lowest BCUT2D eigenvalue weighted by Gasteiger charge is -2.21. The molecule has 19 heavy (non-hydrogen) atoms. The summed E-state index contributed by atoms with van der Waals surface area (Å²) in [5.74, 6) is -0.0487. The molecule has 4 nitrogen and oxygen atoms in total. The molecule has 2 aromatic rings. The van der Waals surface area contributed by atoms with Crippen molar-refractivity contribution < 1.29 is 4.79 Å². The Hall–Kier alpha value is -1.46. The van der Waals surface area contributed by atoms with E-state index in [4.69, 9.17) is 0 Å². The van der Waals surface area contributed by atoms with E-state index in [1.807, 2.05) is 17.5 Å². The minimum Gasteiger partial charge on any atom is -0.346 e. The Bertz CT molecular complexity index is 638. The van der Waals surface area contributed by atoms with Crippen LogP contribution in [0.2, 0.25) is 0 Å². The molecule has 1 amide bonds. The third kappa shape index (κ3) is 1.93. The van der Waals surface area contributed by atoms with Gasteiger partial charge in [-0.1, -0.05) is 0 Å². The van der Waals surface area contributed by atoms with Crippen molar-refractivity contribution in [1.82, 2.24) is 15.6 Å². The Morgan fingerprint density at radius 1 is 1.47 bits per heavy atom. The van der Waals surface area contributed by atoms with Crippen LogP contribution >= 0.6 is 11.3 Å². The minimum absolute atomic E-state index is 0.0487. The van der Waals surface area contributed by atoms with Crippen molar-refractivity contribution in [2.45, 2.75) is 37.4 Å². The van der Waals surface area contributed by atoms with Crippen LogP contribution in [0.15, 0.2) is 23.7 Å². The van der Waals surface area contributed by atoms with Crippen LogP contribution in [0, 0.1) is 0 Å². The van der Waals surface area contributed by atoms with E-state index in [1.54, 1.807) is 17.5 Å². The largest absolute Gasteiger partial charge is 0.346 e. The van der Waals surface area contributed by atoms with E-state index in [1.165, 1.54) is 12.8 Å². The van der Waals surface area contributed by atoms with Gasteiger partial charge in [0.15, 0.2) is 0 Å². The number of hydrogen-bond acceptors (Lipinski definition) is 4. The van der Waals surface area contributed by atoms with Gasteiger partial charge in [0.25, 0.3) is 5.91 Å². The zero-order valence-corrected chi connectivity index (χ0v) is 11.2. The van der Waals surface area contributed by atoms with Crippen LogP contribution in [0.25, 0.3) is 10.1 Å².